The van der Waals surface area contributed by atoms with Crippen molar-refractivity contribution < 1.29 is 4.79 Å². The van der Waals surface area contributed by atoms with Crippen LogP contribution in [0, 0.1) is 12.8 Å². The highest BCUT2D eigenvalue weighted by atomic mass is 79.9. The average molecular weight is 357 g/mol. The van der Waals surface area contributed by atoms with Gasteiger partial charge in [-0.3, -0.25) is 9.48 Å². The van der Waals surface area contributed by atoms with E-state index in [1.807, 2.05) is 32.2 Å². The Morgan fingerprint density at radius 3 is 2.95 bits per heavy atom. The molecule has 0 fully saturated rings. The van der Waals surface area contributed by atoms with Gasteiger partial charge >= 0.3 is 0 Å². The van der Waals surface area contributed by atoms with Crippen LogP contribution in [-0.4, -0.2) is 15.7 Å². The summed E-state index contributed by atoms with van der Waals surface area (Å²) in [6.45, 7) is 4.27. The van der Waals surface area contributed by atoms with Crippen LogP contribution in [0.25, 0.3) is 0 Å². The number of halogens is 2. The summed E-state index contributed by atoms with van der Waals surface area (Å²) in [7, 11) is 0. The fourth-order valence-electron chi connectivity index (χ4n) is 1.80. The summed E-state index contributed by atoms with van der Waals surface area (Å²) in [5, 5.41) is 7.69. The minimum absolute atomic E-state index is 0.0537. The molecule has 4 nitrogen and oxygen atoms in total. The second-order valence-electron chi connectivity index (χ2n) is 4.68. The molecule has 1 amide bonds. The third kappa shape index (κ3) is 3.61. The predicted octanol–water partition coefficient (Wildman–Crippen LogP) is 3.88. The van der Waals surface area contributed by atoms with Crippen molar-refractivity contribution in [2.75, 3.05) is 5.32 Å². The molecule has 0 aliphatic carbocycles. The Morgan fingerprint density at radius 1 is 1.55 bits per heavy atom. The molecule has 0 aliphatic rings. The van der Waals surface area contributed by atoms with Crippen LogP contribution in [0.4, 0.5) is 5.69 Å². The van der Waals surface area contributed by atoms with Crippen molar-refractivity contribution in [1.82, 2.24) is 9.78 Å². The van der Waals surface area contributed by atoms with E-state index in [2.05, 4.69) is 26.3 Å². The normalized spacial score (nSPS) is 12.2. The maximum atomic E-state index is 12.2. The Bertz CT molecular complexity index is 627. The third-order valence-corrected chi connectivity index (χ3v) is 3.85. The molecule has 0 saturated heterocycles. The van der Waals surface area contributed by atoms with Gasteiger partial charge in [0.1, 0.15) is 0 Å². The molecule has 0 radical (unpaired) electrons. The first kappa shape index (κ1) is 15.1. The zero-order chi connectivity index (χ0) is 14.7. The molecule has 1 aromatic carbocycles. The summed E-state index contributed by atoms with van der Waals surface area (Å²) in [6.07, 6.45) is 3.54. The fraction of sp³-hybridized carbons (Fsp3) is 0.286. The first-order valence-electron chi connectivity index (χ1n) is 6.21. The van der Waals surface area contributed by atoms with Crippen molar-refractivity contribution >= 4 is 39.1 Å². The van der Waals surface area contributed by atoms with E-state index in [0.717, 1.165) is 15.7 Å². The Balaban J connectivity index is 2.02. The van der Waals surface area contributed by atoms with E-state index in [0.29, 0.717) is 11.6 Å². The molecule has 1 heterocycles. The monoisotopic (exact) mass is 355 g/mol. The quantitative estimate of drug-likeness (QED) is 0.903. The van der Waals surface area contributed by atoms with E-state index in [1.165, 1.54) is 0 Å². The number of nitrogens with zero attached hydrogens (tertiary/aromatic N) is 2. The Morgan fingerprint density at radius 2 is 2.30 bits per heavy atom. The molecule has 0 bridgehead atoms. The number of hydrogen-bond donors (Lipinski definition) is 1. The van der Waals surface area contributed by atoms with Gasteiger partial charge in [-0.2, -0.15) is 5.10 Å². The Labute approximate surface area is 131 Å². The van der Waals surface area contributed by atoms with Gasteiger partial charge in [0.15, 0.2) is 0 Å². The largest absolute Gasteiger partial charge is 0.326 e. The number of anilines is 1. The lowest BCUT2D eigenvalue weighted by molar-refractivity contribution is -0.119. The number of aromatic nitrogens is 2. The fourth-order valence-corrected chi connectivity index (χ4v) is 2.30. The molecular formula is C14H15BrClN3O. The van der Waals surface area contributed by atoms with Crippen LogP contribution in [0.1, 0.15) is 12.5 Å². The van der Waals surface area contributed by atoms with Gasteiger partial charge in [0.25, 0.3) is 0 Å². The number of rotatable bonds is 4. The highest BCUT2D eigenvalue weighted by Crippen LogP contribution is 2.23. The van der Waals surface area contributed by atoms with Crippen LogP contribution in [0.3, 0.4) is 0 Å². The van der Waals surface area contributed by atoms with Gasteiger partial charge in [-0.25, -0.2) is 0 Å². The molecule has 1 atom stereocenters. The molecule has 2 aromatic rings. The summed E-state index contributed by atoms with van der Waals surface area (Å²) in [4.78, 5) is 12.2. The van der Waals surface area contributed by atoms with Gasteiger partial charge in [0.05, 0.1) is 23.1 Å². The average Bonchev–Trinajstić information content (AvgIpc) is 2.80. The zero-order valence-electron chi connectivity index (χ0n) is 11.2. The van der Waals surface area contributed by atoms with Gasteiger partial charge in [-0.05, 0) is 40.5 Å². The number of benzene rings is 1. The molecule has 6 heteroatoms. The number of carbonyl (C=O) groups is 1. The maximum absolute atomic E-state index is 12.2. The predicted molar refractivity (Wildman–Crippen MR) is 83.9 cm³/mol. The molecule has 0 spiro atoms. The third-order valence-electron chi connectivity index (χ3n) is 3.04. The van der Waals surface area contributed by atoms with Crippen LogP contribution in [-0.2, 0) is 11.3 Å². The lowest BCUT2D eigenvalue weighted by Crippen LogP contribution is -2.25. The highest BCUT2D eigenvalue weighted by molar-refractivity contribution is 9.10. The molecule has 20 heavy (non-hydrogen) atoms. The first-order chi connectivity index (χ1) is 9.47. The molecule has 0 saturated carbocycles. The van der Waals surface area contributed by atoms with Crippen molar-refractivity contribution in [1.29, 1.82) is 0 Å². The Hall–Kier alpha value is -1.33. The molecule has 1 aromatic heterocycles. The van der Waals surface area contributed by atoms with Crippen molar-refractivity contribution in [3.63, 3.8) is 0 Å². The van der Waals surface area contributed by atoms with Gasteiger partial charge in [-0.1, -0.05) is 24.6 Å². The standard InChI is InChI=1S/C14H15BrClN3O/c1-9(7-19-8-11(15)6-17-19)14(20)18-13-5-3-4-12(16)10(13)2/h3-6,8-9H,7H2,1-2H3,(H,18,20)/t9-/m1/s1. The summed E-state index contributed by atoms with van der Waals surface area (Å²) in [5.74, 6) is -0.248. The van der Waals surface area contributed by atoms with Crippen LogP contribution in [0.5, 0.6) is 0 Å². The van der Waals surface area contributed by atoms with Crippen molar-refractivity contribution in [3.05, 3.63) is 45.7 Å². The molecule has 0 aliphatic heterocycles. The van der Waals surface area contributed by atoms with Crippen LogP contribution in [0.15, 0.2) is 35.1 Å². The number of amides is 1. The second-order valence-corrected chi connectivity index (χ2v) is 6.01. The van der Waals surface area contributed by atoms with E-state index in [9.17, 15) is 4.79 Å². The number of nitrogens with one attached hydrogen (secondary N) is 1. The number of hydrogen-bond acceptors (Lipinski definition) is 2. The van der Waals surface area contributed by atoms with Crippen LogP contribution in [0.2, 0.25) is 5.02 Å². The summed E-state index contributed by atoms with van der Waals surface area (Å²) in [5.41, 5.74) is 1.62. The Kier molecular flexibility index (Phi) is 4.83. The molecule has 0 unspecified atom stereocenters. The molecule has 1 N–H and O–H groups in total. The van der Waals surface area contributed by atoms with E-state index in [4.69, 9.17) is 11.6 Å². The van der Waals surface area contributed by atoms with E-state index in [1.54, 1.807) is 16.9 Å². The lowest BCUT2D eigenvalue weighted by atomic mass is 10.1. The second kappa shape index (κ2) is 6.41. The summed E-state index contributed by atoms with van der Waals surface area (Å²) < 4.78 is 2.63. The van der Waals surface area contributed by atoms with Gasteiger partial charge < -0.3 is 5.32 Å². The minimum Gasteiger partial charge on any atom is -0.326 e. The smallest absolute Gasteiger partial charge is 0.229 e. The highest BCUT2D eigenvalue weighted by Gasteiger charge is 2.15. The van der Waals surface area contributed by atoms with E-state index in [-0.39, 0.29) is 11.8 Å². The van der Waals surface area contributed by atoms with Crippen molar-refractivity contribution in [2.45, 2.75) is 20.4 Å². The van der Waals surface area contributed by atoms with Gasteiger partial charge in [0.2, 0.25) is 5.91 Å². The van der Waals surface area contributed by atoms with Gasteiger partial charge in [-0.15, -0.1) is 0 Å². The van der Waals surface area contributed by atoms with Crippen molar-refractivity contribution in [2.24, 2.45) is 5.92 Å². The van der Waals surface area contributed by atoms with Crippen LogP contribution >= 0.6 is 27.5 Å². The zero-order valence-corrected chi connectivity index (χ0v) is 13.6. The lowest BCUT2D eigenvalue weighted by Gasteiger charge is -2.14. The van der Waals surface area contributed by atoms with E-state index < -0.39 is 0 Å². The molecule has 2 rings (SSSR count). The van der Waals surface area contributed by atoms with Crippen LogP contribution < -0.4 is 5.32 Å². The SMILES string of the molecule is Cc1c(Cl)cccc1NC(=O)[C@H](C)Cn1cc(Br)cn1. The van der Waals surface area contributed by atoms with Crippen molar-refractivity contribution in [3.8, 4) is 0 Å². The first-order valence-corrected chi connectivity index (χ1v) is 7.38. The summed E-state index contributed by atoms with van der Waals surface area (Å²) in [6, 6.07) is 5.47. The summed E-state index contributed by atoms with van der Waals surface area (Å²) >= 11 is 9.37. The topological polar surface area (TPSA) is 46.9 Å². The number of carbonyl (C=O) groups excluding carboxylic acids is 1. The molecular weight excluding hydrogens is 342 g/mol. The minimum atomic E-state index is -0.194. The van der Waals surface area contributed by atoms with Gasteiger partial charge in [0, 0.05) is 16.9 Å². The molecule has 106 valence electrons. The maximum Gasteiger partial charge on any atom is 0.229 e. The van der Waals surface area contributed by atoms with E-state index >= 15 is 0 Å².